The third kappa shape index (κ3) is 2.44. The SMILES string of the molecule is COc1cc2c(c(OC)c1OC)C(=O)c1cc(O)c(OC)c(OC)c1C2=O. The fraction of sp³-hybridized carbons (Fsp3) is 0.263. The second kappa shape index (κ2) is 6.71. The van der Waals surface area contributed by atoms with Crippen molar-refractivity contribution in [3.05, 3.63) is 34.4 Å². The van der Waals surface area contributed by atoms with E-state index in [2.05, 4.69) is 0 Å². The number of hydrogen-bond acceptors (Lipinski definition) is 8. The summed E-state index contributed by atoms with van der Waals surface area (Å²) in [5.74, 6) is -0.890. The minimum atomic E-state index is -0.520. The summed E-state index contributed by atoms with van der Waals surface area (Å²) >= 11 is 0. The lowest BCUT2D eigenvalue weighted by Gasteiger charge is -2.24. The van der Waals surface area contributed by atoms with Crippen molar-refractivity contribution in [3.8, 4) is 34.5 Å². The highest BCUT2D eigenvalue weighted by Crippen LogP contribution is 2.49. The zero-order chi connectivity index (χ0) is 19.9. The Labute approximate surface area is 155 Å². The molecule has 8 nitrogen and oxygen atoms in total. The number of fused-ring (bicyclic) bond motifs is 2. The molecule has 0 amide bonds. The number of aromatic hydroxyl groups is 1. The fourth-order valence-corrected chi connectivity index (χ4v) is 3.25. The van der Waals surface area contributed by atoms with Crippen LogP contribution in [0, 0.1) is 0 Å². The van der Waals surface area contributed by atoms with Crippen LogP contribution in [0.4, 0.5) is 0 Å². The Bertz CT molecular complexity index is 961. The summed E-state index contributed by atoms with van der Waals surface area (Å²) in [6.45, 7) is 0. The second-order valence-corrected chi connectivity index (χ2v) is 5.61. The lowest BCUT2D eigenvalue weighted by molar-refractivity contribution is 0.0972. The summed E-state index contributed by atoms with van der Waals surface area (Å²) in [7, 11) is 6.81. The molecule has 0 spiro atoms. The van der Waals surface area contributed by atoms with Gasteiger partial charge in [0, 0.05) is 11.1 Å². The van der Waals surface area contributed by atoms with E-state index in [0.717, 1.165) is 0 Å². The largest absolute Gasteiger partial charge is 0.504 e. The highest BCUT2D eigenvalue weighted by atomic mass is 16.5. The zero-order valence-corrected chi connectivity index (χ0v) is 15.5. The molecular formula is C19H18O8. The van der Waals surface area contributed by atoms with E-state index >= 15 is 0 Å². The molecule has 3 rings (SSSR count). The van der Waals surface area contributed by atoms with Gasteiger partial charge in [0.05, 0.1) is 46.7 Å². The van der Waals surface area contributed by atoms with Crippen molar-refractivity contribution in [1.82, 2.24) is 0 Å². The van der Waals surface area contributed by atoms with E-state index in [1.54, 1.807) is 0 Å². The molecule has 1 aliphatic rings. The maximum atomic E-state index is 13.2. The summed E-state index contributed by atoms with van der Waals surface area (Å²) in [4.78, 5) is 26.4. The van der Waals surface area contributed by atoms with Gasteiger partial charge >= 0.3 is 0 Å². The van der Waals surface area contributed by atoms with Gasteiger partial charge in [0.2, 0.25) is 11.5 Å². The molecule has 0 saturated heterocycles. The van der Waals surface area contributed by atoms with E-state index < -0.39 is 11.6 Å². The summed E-state index contributed by atoms with van der Waals surface area (Å²) in [5, 5.41) is 10.2. The van der Waals surface area contributed by atoms with Crippen LogP contribution in [0.3, 0.4) is 0 Å². The number of methoxy groups -OCH3 is 5. The van der Waals surface area contributed by atoms with Crippen molar-refractivity contribution in [2.45, 2.75) is 0 Å². The molecule has 8 heteroatoms. The van der Waals surface area contributed by atoms with Gasteiger partial charge in [0.15, 0.2) is 34.6 Å². The molecule has 2 aromatic carbocycles. The molecule has 0 aliphatic heterocycles. The van der Waals surface area contributed by atoms with E-state index in [0.29, 0.717) is 0 Å². The summed E-state index contributed by atoms with van der Waals surface area (Å²) < 4.78 is 26.3. The topological polar surface area (TPSA) is 101 Å². The maximum absolute atomic E-state index is 13.2. The van der Waals surface area contributed by atoms with Crippen LogP contribution in [0.5, 0.6) is 34.5 Å². The fourth-order valence-electron chi connectivity index (χ4n) is 3.25. The van der Waals surface area contributed by atoms with Crippen molar-refractivity contribution in [3.63, 3.8) is 0 Å². The Morgan fingerprint density at radius 2 is 1.07 bits per heavy atom. The number of benzene rings is 2. The van der Waals surface area contributed by atoms with E-state index in [-0.39, 0.29) is 56.8 Å². The van der Waals surface area contributed by atoms with Crippen LogP contribution in [0.2, 0.25) is 0 Å². The molecule has 0 fully saturated rings. The first-order chi connectivity index (χ1) is 12.9. The van der Waals surface area contributed by atoms with Gasteiger partial charge in [-0.15, -0.1) is 0 Å². The van der Waals surface area contributed by atoms with Crippen LogP contribution < -0.4 is 23.7 Å². The molecule has 1 N–H and O–H groups in total. The number of phenolic OH excluding ortho intramolecular Hbond substituents is 1. The zero-order valence-electron chi connectivity index (χ0n) is 15.5. The molecular weight excluding hydrogens is 356 g/mol. The van der Waals surface area contributed by atoms with Gasteiger partial charge in [-0.25, -0.2) is 0 Å². The van der Waals surface area contributed by atoms with Crippen LogP contribution in [-0.4, -0.2) is 52.2 Å². The normalized spacial score (nSPS) is 12.2. The molecule has 0 heterocycles. The first-order valence-corrected chi connectivity index (χ1v) is 7.85. The molecule has 0 radical (unpaired) electrons. The average molecular weight is 374 g/mol. The number of ketones is 2. The predicted molar refractivity (Wildman–Crippen MR) is 94.2 cm³/mol. The lowest BCUT2D eigenvalue weighted by atomic mass is 9.82. The summed E-state index contributed by atoms with van der Waals surface area (Å²) in [6.07, 6.45) is 0. The third-order valence-electron chi connectivity index (χ3n) is 4.40. The standard InChI is InChI=1S/C19H18O8/c1-23-11-7-9-13(19(27-5)17(11)25-3)14(21)8-6-10(20)16(24-2)18(26-4)12(8)15(9)22/h6-7,20H,1-5H3. The van der Waals surface area contributed by atoms with Crippen molar-refractivity contribution in [1.29, 1.82) is 0 Å². The first kappa shape index (κ1) is 18.4. The van der Waals surface area contributed by atoms with Crippen LogP contribution in [0.15, 0.2) is 12.1 Å². The van der Waals surface area contributed by atoms with Crippen molar-refractivity contribution in [2.75, 3.05) is 35.5 Å². The quantitative estimate of drug-likeness (QED) is 0.725. The Morgan fingerprint density at radius 1 is 0.630 bits per heavy atom. The average Bonchev–Trinajstić information content (AvgIpc) is 2.68. The van der Waals surface area contributed by atoms with Gasteiger partial charge in [-0.3, -0.25) is 9.59 Å². The van der Waals surface area contributed by atoms with Crippen LogP contribution in [-0.2, 0) is 0 Å². The van der Waals surface area contributed by atoms with Crippen LogP contribution in [0.1, 0.15) is 31.8 Å². The second-order valence-electron chi connectivity index (χ2n) is 5.61. The van der Waals surface area contributed by atoms with Crippen LogP contribution >= 0.6 is 0 Å². The monoisotopic (exact) mass is 374 g/mol. The van der Waals surface area contributed by atoms with Crippen LogP contribution in [0.25, 0.3) is 0 Å². The minimum absolute atomic E-state index is 0.000997. The summed E-state index contributed by atoms with van der Waals surface area (Å²) in [5.41, 5.74) is 0.0828. The first-order valence-electron chi connectivity index (χ1n) is 7.85. The Hall–Kier alpha value is -3.42. The van der Waals surface area contributed by atoms with E-state index in [1.165, 1.54) is 47.7 Å². The molecule has 0 aromatic heterocycles. The highest BCUT2D eigenvalue weighted by Gasteiger charge is 2.39. The molecule has 27 heavy (non-hydrogen) atoms. The molecule has 0 bridgehead atoms. The number of phenols is 1. The van der Waals surface area contributed by atoms with E-state index in [4.69, 9.17) is 23.7 Å². The van der Waals surface area contributed by atoms with Gasteiger partial charge in [0.25, 0.3) is 0 Å². The molecule has 0 atom stereocenters. The molecule has 142 valence electrons. The van der Waals surface area contributed by atoms with Crippen molar-refractivity contribution < 1.29 is 38.4 Å². The van der Waals surface area contributed by atoms with E-state index in [1.807, 2.05) is 0 Å². The Morgan fingerprint density at radius 3 is 1.52 bits per heavy atom. The lowest BCUT2D eigenvalue weighted by Crippen LogP contribution is -2.23. The number of hydrogen-bond donors (Lipinski definition) is 1. The Kier molecular flexibility index (Phi) is 4.57. The number of ether oxygens (including phenoxy) is 5. The highest BCUT2D eigenvalue weighted by molar-refractivity contribution is 6.31. The van der Waals surface area contributed by atoms with Gasteiger partial charge < -0.3 is 28.8 Å². The maximum Gasteiger partial charge on any atom is 0.204 e. The van der Waals surface area contributed by atoms with E-state index in [9.17, 15) is 14.7 Å². The smallest absolute Gasteiger partial charge is 0.204 e. The number of rotatable bonds is 5. The predicted octanol–water partition coefficient (Wildman–Crippen LogP) is 2.21. The van der Waals surface area contributed by atoms with Crippen molar-refractivity contribution in [2.24, 2.45) is 0 Å². The molecule has 2 aromatic rings. The number of carbonyl (C=O) groups excluding carboxylic acids is 2. The molecule has 1 aliphatic carbocycles. The van der Waals surface area contributed by atoms with Gasteiger partial charge in [-0.2, -0.15) is 0 Å². The van der Waals surface area contributed by atoms with Gasteiger partial charge in [-0.1, -0.05) is 0 Å². The van der Waals surface area contributed by atoms with Gasteiger partial charge in [-0.05, 0) is 12.1 Å². The minimum Gasteiger partial charge on any atom is -0.504 e. The number of carbonyl (C=O) groups is 2. The third-order valence-corrected chi connectivity index (χ3v) is 4.40. The summed E-state index contributed by atoms with van der Waals surface area (Å²) in [6, 6.07) is 2.59. The Balaban J connectivity index is 2.42. The van der Waals surface area contributed by atoms with Crippen molar-refractivity contribution >= 4 is 11.6 Å². The molecule has 0 unspecified atom stereocenters. The molecule has 0 saturated carbocycles. The van der Waals surface area contributed by atoms with Gasteiger partial charge in [0.1, 0.15) is 0 Å².